The lowest BCUT2D eigenvalue weighted by Gasteiger charge is -2.28. The molecule has 4 heteroatoms. The highest BCUT2D eigenvalue weighted by molar-refractivity contribution is 5.28. The van der Waals surface area contributed by atoms with Gasteiger partial charge in [0.05, 0.1) is 18.8 Å². The molecule has 1 heterocycles. The van der Waals surface area contributed by atoms with Gasteiger partial charge in [0.1, 0.15) is 18.1 Å². The van der Waals surface area contributed by atoms with E-state index in [1.807, 2.05) is 44.2 Å². The Kier molecular flexibility index (Phi) is 5.42. The van der Waals surface area contributed by atoms with Crippen LogP contribution in [0.25, 0.3) is 0 Å². The lowest BCUT2D eigenvalue weighted by molar-refractivity contribution is 0.0221. The third kappa shape index (κ3) is 4.82. The van der Waals surface area contributed by atoms with E-state index in [2.05, 4.69) is 29.6 Å². The maximum Gasteiger partial charge on any atom is 0.119 e. The van der Waals surface area contributed by atoms with Crippen molar-refractivity contribution in [3.63, 3.8) is 0 Å². The largest absolute Gasteiger partial charge is 0.489 e. The van der Waals surface area contributed by atoms with Gasteiger partial charge in [-0.1, -0.05) is 42.5 Å². The number of nitrogens with one attached hydrogen (secondary N) is 1. The Bertz CT molecular complexity index is 669. The Morgan fingerprint density at radius 3 is 2.36 bits per heavy atom. The van der Waals surface area contributed by atoms with Crippen molar-refractivity contribution in [2.45, 2.75) is 44.6 Å². The summed E-state index contributed by atoms with van der Waals surface area (Å²) in [5.41, 5.74) is 1.65. The Morgan fingerprint density at radius 2 is 1.76 bits per heavy atom. The molecule has 2 aromatic rings. The van der Waals surface area contributed by atoms with Crippen molar-refractivity contribution < 1.29 is 14.6 Å². The van der Waals surface area contributed by atoms with Crippen molar-refractivity contribution in [1.82, 2.24) is 5.32 Å². The van der Waals surface area contributed by atoms with Gasteiger partial charge in [-0.2, -0.15) is 0 Å². The fraction of sp³-hybridized carbons (Fsp3) is 0.429. The zero-order valence-corrected chi connectivity index (χ0v) is 15.0. The van der Waals surface area contributed by atoms with Crippen molar-refractivity contribution >= 4 is 0 Å². The SMILES string of the molecule is CC1(C)NC(CO)(CCc2ccc(OCc3ccccc3)cc2)CO1. The molecule has 1 aliphatic rings. The van der Waals surface area contributed by atoms with Gasteiger partial charge < -0.3 is 14.6 Å². The van der Waals surface area contributed by atoms with Gasteiger partial charge in [0, 0.05) is 0 Å². The zero-order chi connectivity index (χ0) is 17.8. The smallest absolute Gasteiger partial charge is 0.119 e. The third-order valence-electron chi connectivity index (χ3n) is 4.64. The molecule has 1 aliphatic heterocycles. The van der Waals surface area contributed by atoms with Gasteiger partial charge in [-0.15, -0.1) is 0 Å². The quantitative estimate of drug-likeness (QED) is 0.811. The molecule has 0 aromatic heterocycles. The summed E-state index contributed by atoms with van der Waals surface area (Å²) in [7, 11) is 0. The van der Waals surface area contributed by atoms with Crippen LogP contribution in [0, 0.1) is 0 Å². The van der Waals surface area contributed by atoms with Gasteiger partial charge >= 0.3 is 0 Å². The highest BCUT2D eigenvalue weighted by atomic mass is 16.5. The number of hydrogen-bond donors (Lipinski definition) is 2. The molecule has 0 amide bonds. The van der Waals surface area contributed by atoms with Crippen molar-refractivity contribution in [3.05, 3.63) is 65.7 Å². The van der Waals surface area contributed by atoms with Crippen LogP contribution in [0.15, 0.2) is 54.6 Å². The summed E-state index contributed by atoms with van der Waals surface area (Å²) < 4.78 is 11.6. The van der Waals surface area contributed by atoms with Gasteiger partial charge in [0.2, 0.25) is 0 Å². The van der Waals surface area contributed by atoms with Crippen LogP contribution in [0.5, 0.6) is 5.75 Å². The van der Waals surface area contributed by atoms with E-state index < -0.39 is 0 Å². The second kappa shape index (κ2) is 7.56. The van der Waals surface area contributed by atoms with E-state index in [0.717, 1.165) is 24.2 Å². The predicted molar refractivity (Wildman–Crippen MR) is 98.5 cm³/mol. The molecular weight excluding hydrogens is 314 g/mol. The van der Waals surface area contributed by atoms with Gasteiger partial charge in [0.15, 0.2) is 0 Å². The second-order valence-corrected chi connectivity index (χ2v) is 7.28. The molecule has 0 radical (unpaired) electrons. The summed E-state index contributed by atoms with van der Waals surface area (Å²) in [6, 6.07) is 18.3. The number of aryl methyl sites for hydroxylation is 1. The van der Waals surface area contributed by atoms with Crippen LogP contribution >= 0.6 is 0 Å². The number of ether oxygens (including phenoxy) is 2. The Morgan fingerprint density at radius 1 is 1.04 bits per heavy atom. The van der Waals surface area contributed by atoms with Crippen LogP contribution in [0.4, 0.5) is 0 Å². The number of benzene rings is 2. The van der Waals surface area contributed by atoms with E-state index in [9.17, 15) is 5.11 Å². The van der Waals surface area contributed by atoms with Crippen LogP contribution in [0.2, 0.25) is 0 Å². The first-order chi connectivity index (χ1) is 12.0. The van der Waals surface area contributed by atoms with Crippen LogP contribution in [-0.2, 0) is 17.8 Å². The molecule has 0 saturated carbocycles. The maximum atomic E-state index is 9.79. The second-order valence-electron chi connectivity index (χ2n) is 7.28. The normalized spacial score (nSPS) is 22.0. The summed E-state index contributed by atoms with van der Waals surface area (Å²) in [5, 5.41) is 13.2. The van der Waals surface area contributed by atoms with Crippen molar-refractivity contribution in [2.75, 3.05) is 13.2 Å². The molecule has 0 aliphatic carbocycles. The first kappa shape index (κ1) is 17.9. The molecule has 1 atom stereocenters. The minimum Gasteiger partial charge on any atom is -0.489 e. The minimum atomic E-state index is -0.377. The van der Waals surface area contributed by atoms with Crippen LogP contribution in [0.1, 0.15) is 31.4 Å². The molecule has 134 valence electrons. The molecule has 3 rings (SSSR count). The maximum absolute atomic E-state index is 9.79. The standard InChI is InChI=1S/C21H27NO3/c1-20(2)22-21(15-23,16-25-20)13-12-17-8-10-19(11-9-17)24-14-18-6-4-3-5-7-18/h3-11,22-23H,12-16H2,1-2H3. The highest BCUT2D eigenvalue weighted by Gasteiger charge is 2.42. The van der Waals surface area contributed by atoms with Gasteiger partial charge in [-0.25, -0.2) is 0 Å². The first-order valence-electron chi connectivity index (χ1n) is 8.80. The van der Waals surface area contributed by atoms with Crippen LogP contribution in [-0.4, -0.2) is 29.6 Å². The summed E-state index contributed by atoms with van der Waals surface area (Å²) in [6.45, 7) is 5.17. The Balaban J connectivity index is 1.52. The summed E-state index contributed by atoms with van der Waals surface area (Å²) >= 11 is 0. The Labute approximate surface area is 149 Å². The van der Waals surface area contributed by atoms with Gasteiger partial charge in [0.25, 0.3) is 0 Å². The molecule has 25 heavy (non-hydrogen) atoms. The third-order valence-corrected chi connectivity index (χ3v) is 4.64. The fourth-order valence-electron chi connectivity index (χ4n) is 3.21. The molecule has 2 aromatic carbocycles. The van der Waals surface area contributed by atoms with E-state index in [1.165, 1.54) is 5.56 Å². The monoisotopic (exact) mass is 341 g/mol. The number of hydrogen-bond acceptors (Lipinski definition) is 4. The van der Waals surface area contributed by atoms with Gasteiger partial charge in [-0.3, -0.25) is 5.32 Å². The van der Waals surface area contributed by atoms with E-state index in [1.54, 1.807) is 0 Å². The van der Waals surface area contributed by atoms with E-state index >= 15 is 0 Å². The van der Waals surface area contributed by atoms with Crippen LogP contribution < -0.4 is 10.1 Å². The highest BCUT2D eigenvalue weighted by Crippen LogP contribution is 2.27. The van der Waals surface area contributed by atoms with Crippen molar-refractivity contribution in [3.8, 4) is 5.75 Å². The molecule has 4 nitrogen and oxygen atoms in total. The number of aliphatic hydroxyl groups excluding tert-OH is 1. The number of rotatable bonds is 7. The van der Waals surface area contributed by atoms with E-state index in [-0.39, 0.29) is 17.9 Å². The molecule has 0 spiro atoms. The fourth-order valence-corrected chi connectivity index (χ4v) is 3.21. The zero-order valence-electron chi connectivity index (χ0n) is 15.0. The summed E-state index contributed by atoms with van der Waals surface area (Å²) in [5.74, 6) is 0.868. The minimum absolute atomic E-state index is 0.0781. The molecule has 2 N–H and O–H groups in total. The number of aliphatic hydroxyl groups is 1. The van der Waals surface area contributed by atoms with Crippen LogP contribution in [0.3, 0.4) is 0 Å². The molecular formula is C21H27NO3. The van der Waals surface area contributed by atoms with Crippen molar-refractivity contribution in [2.24, 2.45) is 0 Å². The van der Waals surface area contributed by atoms with E-state index in [0.29, 0.717) is 13.2 Å². The lowest BCUT2D eigenvalue weighted by Crippen LogP contribution is -2.51. The predicted octanol–water partition coefficient (Wildman–Crippen LogP) is 3.29. The summed E-state index contributed by atoms with van der Waals surface area (Å²) in [4.78, 5) is 0. The van der Waals surface area contributed by atoms with Crippen molar-refractivity contribution in [1.29, 1.82) is 0 Å². The topological polar surface area (TPSA) is 50.7 Å². The van der Waals surface area contributed by atoms with Gasteiger partial charge in [-0.05, 0) is 49.9 Å². The molecule has 1 unspecified atom stereocenters. The molecule has 1 saturated heterocycles. The molecule has 0 bridgehead atoms. The average Bonchev–Trinajstić information content (AvgIpc) is 2.96. The van der Waals surface area contributed by atoms with E-state index in [4.69, 9.17) is 9.47 Å². The lowest BCUT2D eigenvalue weighted by atomic mass is 9.93. The average molecular weight is 341 g/mol. The summed E-state index contributed by atoms with van der Waals surface area (Å²) in [6.07, 6.45) is 1.71. The first-order valence-corrected chi connectivity index (χ1v) is 8.80. The molecule has 1 fully saturated rings. The Hall–Kier alpha value is -1.88.